The molecule has 2 rings (SSSR count). The average molecular weight is 253 g/mol. The summed E-state index contributed by atoms with van der Waals surface area (Å²) in [6.07, 6.45) is 1.67. The molecule has 5 nitrogen and oxygen atoms in total. The smallest absolute Gasteiger partial charge is 0.213 e. The van der Waals surface area contributed by atoms with E-state index in [-0.39, 0.29) is 0 Å². The Hall–Kier alpha value is -1.62. The summed E-state index contributed by atoms with van der Waals surface area (Å²) in [7, 11) is 0. The highest BCUT2D eigenvalue weighted by Crippen LogP contribution is 2.19. The molecule has 1 N–H and O–H groups in total. The standard InChI is InChI=1S/C11H13ClN4O/c1-6-4-13-9(17-6)5-14-11-10(12)15-7(2)8(3)16-11/h4H,5H2,1-3H3,(H,14,16). The van der Waals surface area contributed by atoms with E-state index in [2.05, 4.69) is 20.3 Å². The molecule has 0 aliphatic carbocycles. The van der Waals surface area contributed by atoms with Crippen LogP contribution in [0, 0.1) is 20.8 Å². The number of rotatable bonds is 3. The number of hydrogen-bond acceptors (Lipinski definition) is 5. The number of aryl methyl sites for hydroxylation is 3. The van der Waals surface area contributed by atoms with Gasteiger partial charge >= 0.3 is 0 Å². The molecule has 2 heterocycles. The fraction of sp³-hybridized carbons (Fsp3) is 0.364. The predicted molar refractivity (Wildman–Crippen MR) is 65.1 cm³/mol. The third kappa shape index (κ3) is 2.74. The first kappa shape index (κ1) is 11.9. The molecule has 0 radical (unpaired) electrons. The van der Waals surface area contributed by atoms with Gasteiger partial charge in [0.05, 0.1) is 24.1 Å². The van der Waals surface area contributed by atoms with Crippen molar-refractivity contribution in [2.24, 2.45) is 0 Å². The Balaban J connectivity index is 2.11. The number of halogens is 1. The van der Waals surface area contributed by atoms with E-state index in [9.17, 15) is 0 Å². The maximum absolute atomic E-state index is 5.99. The van der Waals surface area contributed by atoms with Crippen molar-refractivity contribution in [2.75, 3.05) is 5.32 Å². The minimum atomic E-state index is 0.358. The van der Waals surface area contributed by atoms with Gasteiger partial charge in [0.1, 0.15) is 5.76 Å². The third-order valence-electron chi connectivity index (χ3n) is 2.34. The van der Waals surface area contributed by atoms with Crippen molar-refractivity contribution >= 4 is 17.4 Å². The Morgan fingerprint density at radius 3 is 2.59 bits per heavy atom. The van der Waals surface area contributed by atoms with Gasteiger partial charge in [-0.25, -0.2) is 15.0 Å². The van der Waals surface area contributed by atoms with Crippen LogP contribution < -0.4 is 5.32 Å². The van der Waals surface area contributed by atoms with Crippen LogP contribution in [0.3, 0.4) is 0 Å². The lowest BCUT2D eigenvalue weighted by atomic mass is 10.3. The van der Waals surface area contributed by atoms with Gasteiger partial charge in [-0.05, 0) is 20.8 Å². The Morgan fingerprint density at radius 2 is 1.94 bits per heavy atom. The van der Waals surface area contributed by atoms with Crippen molar-refractivity contribution in [1.29, 1.82) is 0 Å². The summed E-state index contributed by atoms with van der Waals surface area (Å²) in [5.41, 5.74) is 1.67. The van der Waals surface area contributed by atoms with Crippen LogP contribution in [0.15, 0.2) is 10.6 Å². The second kappa shape index (κ2) is 4.71. The summed E-state index contributed by atoms with van der Waals surface area (Å²) in [6.45, 7) is 6.04. The van der Waals surface area contributed by atoms with E-state index in [1.165, 1.54) is 0 Å². The summed E-state index contributed by atoms with van der Waals surface area (Å²) >= 11 is 5.99. The molecule has 0 aromatic carbocycles. The number of nitrogens with one attached hydrogen (secondary N) is 1. The van der Waals surface area contributed by atoms with E-state index >= 15 is 0 Å². The maximum atomic E-state index is 5.99. The quantitative estimate of drug-likeness (QED) is 0.910. The van der Waals surface area contributed by atoms with Crippen LogP contribution in [0.4, 0.5) is 5.82 Å². The average Bonchev–Trinajstić information content (AvgIpc) is 2.68. The first-order valence-electron chi connectivity index (χ1n) is 5.22. The van der Waals surface area contributed by atoms with E-state index in [4.69, 9.17) is 16.0 Å². The molecular weight excluding hydrogens is 240 g/mol. The maximum Gasteiger partial charge on any atom is 0.213 e. The minimum absolute atomic E-state index is 0.358. The van der Waals surface area contributed by atoms with Crippen LogP contribution in [0.5, 0.6) is 0 Å². The highest BCUT2D eigenvalue weighted by atomic mass is 35.5. The van der Waals surface area contributed by atoms with E-state index in [0.29, 0.717) is 23.4 Å². The molecule has 0 amide bonds. The number of aromatic nitrogens is 3. The van der Waals surface area contributed by atoms with Crippen LogP contribution in [-0.2, 0) is 6.54 Å². The highest BCUT2D eigenvalue weighted by Gasteiger charge is 2.08. The van der Waals surface area contributed by atoms with Crippen LogP contribution >= 0.6 is 11.6 Å². The lowest BCUT2D eigenvalue weighted by Gasteiger charge is -2.07. The Kier molecular flexibility index (Phi) is 3.28. The van der Waals surface area contributed by atoms with E-state index in [1.54, 1.807) is 6.20 Å². The fourth-order valence-corrected chi connectivity index (χ4v) is 1.57. The molecule has 0 aliphatic rings. The van der Waals surface area contributed by atoms with Crippen molar-refractivity contribution < 1.29 is 4.42 Å². The molecule has 0 spiro atoms. The molecule has 0 bridgehead atoms. The fourth-order valence-electron chi connectivity index (χ4n) is 1.33. The second-order valence-electron chi connectivity index (χ2n) is 3.75. The van der Waals surface area contributed by atoms with Gasteiger partial charge in [0.15, 0.2) is 11.0 Å². The van der Waals surface area contributed by atoms with Crippen molar-refractivity contribution in [1.82, 2.24) is 15.0 Å². The van der Waals surface area contributed by atoms with Crippen molar-refractivity contribution in [3.8, 4) is 0 Å². The molecule has 17 heavy (non-hydrogen) atoms. The molecule has 0 unspecified atom stereocenters. The lowest BCUT2D eigenvalue weighted by molar-refractivity contribution is 0.478. The van der Waals surface area contributed by atoms with Gasteiger partial charge in [-0.1, -0.05) is 11.6 Å². The molecule has 2 aromatic heterocycles. The van der Waals surface area contributed by atoms with Crippen molar-refractivity contribution in [3.05, 3.63) is 34.4 Å². The number of hydrogen-bond donors (Lipinski definition) is 1. The summed E-state index contributed by atoms with van der Waals surface area (Å²) in [6, 6.07) is 0. The first-order chi connectivity index (χ1) is 8.06. The van der Waals surface area contributed by atoms with E-state index < -0.39 is 0 Å². The Bertz CT molecular complexity index is 538. The lowest BCUT2D eigenvalue weighted by Crippen LogP contribution is -2.05. The Labute approximate surface area is 104 Å². The zero-order chi connectivity index (χ0) is 12.4. The summed E-state index contributed by atoms with van der Waals surface area (Å²) in [5.74, 6) is 1.92. The van der Waals surface area contributed by atoms with Crippen molar-refractivity contribution in [2.45, 2.75) is 27.3 Å². The van der Waals surface area contributed by atoms with E-state index in [0.717, 1.165) is 17.1 Å². The SMILES string of the molecule is Cc1cnc(CNc2nc(C)c(C)nc2Cl)o1. The molecule has 0 fully saturated rings. The van der Waals surface area contributed by atoms with Gasteiger partial charge < -0.3 is 9.73 Å². The minimum Gasteiger partial charge on any atom is -0.444 e. The molecular formula is C11H13ClN4O. The second-order valence-corrected chi connectivity index (χ2v) is 4.11. The normalized spacial score (nSPS) is 10.6. The molecule has 0 saturated carbocycles. The molecule has 0 aliphatic heterocycles. The van der Waals surface area contributed by atoms with Crippen LogP contribution in [0.25, 0.3) is 0 Å². The summed E-state index contributed by atoms with van der Waals surface area (Å²) in [5, 5.41) is 3.41. The summed E-state index contributed by atoms with van der Waals surface area (Å²) < 4.78 is 5.33. The van der Waals surface area contributed by atoms with Crippen LogP contribution in [0.1, 0.15) is 23.0 Å². The first-order valence-corrected chi connectivity index (χ1v) is 5.60. The topological polar surface area (TPSA) is 63.8 Å². The zero-order valence-corrected chi connectivity index (χ0v) is 10.7. The highest BCUT2D eigenvalue weighted by molar-refractivity contribution is 6.31. The molecule has 0 atom stereocenters. The van der Waals surface area contributed by atoms with E-state index in [1.807, 2.05) is 20.8 Å². The van der Waals surface area contributed by atoms with Gasteiger partial charge in [-0.2, -0.15) is 0 Å². The Morgan fingerprint density at radius 1 is 1.24 bits per heavy atom. The number of nitrogens with zero attached hydrogens (tertiary/aromatic N) is 3. The molecule has 6 heteroatoms. The number of anilines is 1. The van der Waals surface area contributed by atoms with Gasteiger partial charge in [-0.15, -0.1) is 0 Å². The predicted octanol–water partition coefficient (Wildman–Crippen LogP) is 2.66. The zero-order valence-electron chi connectivity index (χ0n) is 9.91. The van der Waals surface area contributed by atoms with Gasteiger partial charge in [0.25, 0.3) is 0 Å². The van der Waals surface area contributed by atoms with Gasteiger partial charge in [-0.3, -0.25) is 0 Å². The molecule has 0 saturated heterocycles. The third-order valence-corrected chi connectivity index (χ3v) is 2.60. The monoisotopic (exact) mass is 252 g/mol. The summed E-state index contributed by atoms with van der Waals surface area (Å²) in [4.78, 5) is 12.6. The molecule has 90 valence electrons. The van der Waals surface area contributed by atoms with Gasteiger partial charge in [0, 0.05) is 0 Å². The van der Waals surface area contributed by atoms with Crippen LogP contribution in [0.2, 0.25) is 5.15 Å². The molecule has 2 aromatic rings. The number of oxazole rings is 1. The van der Waals surface area contributed by atoms with Gasteiger partial charge in [0.2, 0.25) is 5.89 Å². The van der Waals surface area contributed by atoms with Crippen LogP contribution in [-0.4, -0.2) is 15.0 Å². The van der Waals surface area contributed by atoms with Crippen molar-refractivity contribution in [3.63, 3.8) is 0 Å². The largest absolute Gasteiger partial charge is 0.444 e.